The van der Waals surface area contributed by atoms with Crippen molar-refractivity contribution >= 4 is 17.3 Å². The van der Waals surface area contributed by atoms with Crippen molar-refractivity contribution in [3.8, 4) is 0 Å². The average Bonchev–Trinajstić information content (AvgIpc) is 2.37. The van der Waals surface area contributed by atoms with Gasteiger partial charge in [-0.1, -0.05) is 12.1 Å². The third-order valence-corrected chi connectivity index (χ3v) is 3.19. The van der Waals surface area contributed by atoms with E-state index in [4.69, 9.17) is 5.11 Å². The van der Waals surface area contributed by atoms with E-state index in [0.29, 0.717) is 5.56 Å². The average molecular weight is 255 g/mol. The van der Waals surface area contributed by atoms with Crippen molar-refractivity contribution < 1.29 is 9.90 Å². The number of rotatable bonds is 3. The van der Waals surface area contributed by atoms with E-state index in [2.05, 4.69) is 24.0 Å². The Hall–Kier alpha value is -2.29. The summed E-state index contributed by atoms with van der Waals surface area (Å²) in [6.45, 7) is 3.98. The van der Waals surface area contributed by atoms with Crippen LogP contribution in [0.15, 0.2) is 42.5 Å². The molecule has 0 saturated heterocycles. The van der Waals surface area contributed by atoms with Crippen molar-refractivity contribution in [2.75, 3.05) is 11.9 Å². The second kappa shape index (κ2) is 5.14. The molecule has 19 heavy (non-hydrogen) atoms. The lowest BCUT2D eigenvalue weighted by molar-refractivity contribution is 0.0697. The predicted octanol–water partition coefficient (Wildman–Crippen LogP) is 3.77. The van der Waals surface area contributed by atoms with Gasteiger partial charge < -0.3 is 10.0 Å². The number of benzene rings is 2. The molecule has 0 aromatic heterocycles. The van der Waals surface area contributed by atoms with Gasteiger partial charge in [-0.05, 0) is 55.3 Å². The lowest BCUT2D eigenvalue weighted by atomic mass is 10.1. The van der Waals surface area contributed by atoms with Gasteiger partial charge in [-0.25, -0.2) is 4.79 Å². The fraction of sp³-hybridized carbons (Fsp3) is 0.188. The molecule has 2 aromatic rings. The van der Waals surface area contributed by atoms with Crippen LogP contribution in [0.5, 0.6) is 0 Å². The van der Waals surface area contributed by atoms with Crippen LogP contribution in [0.2, 0.25) is 0 Å². The summed E-state index contributed by atoms with van der Waals surface area (Å²) in [6.07, 6.45) is 0. The first-order valence-corrected chi connectivity index (χ1v) is 6.13. The van der Waals surface area contributed by atoms with Crippen LogP contribution in [0.3, 0.4) is 0 Å². The molecule has 0 saturated carbocycles. The Kier molecular flexibility index (Phi) is 3.56. The first-order chi connectivity index (χ1) is 8.99. The van der Waals surface area contributed by atoms with Crippen molar-refractivity contribution in [2.24, 2.45) is 0 Å². The third kappa shape index (κ3) is 2.76. The number of aryl methyl sites for hydroxylation is 2. The lowest BCUT2D eigenvalue weighted by Gasteiger charge is -2.22. The van der Waals surface area contributed by atoms with Crippen molar-refractivity contribution in [1.29, 1.82) is 0 Å². The smallest absolute Gasteiger partial charge is 0.335 e. The van der Waals surface area contributed by atoms with Crippen molar-refractivity contribution in [3.05, 3.63) is 59.2 Å². The predicted molar refractivity (Wildman–Crippen MR) is 77.4 cm³/mol. The van der Waals surface area contributed by atoms with E-state index >= 15 is 0 Å². The zero-order valence-corrected chi connectivity index (χ0v) is 11.3. The van der Waals surface area contributed by atoms with Crippen LogP contribution in [0, 0.1) is 13.8 Å². The van der Waals surface area contributed by atoms with E-state index in [9.17, 15) is 4.79 Å². The maximum atomic E-state index is 10.9. The van der Waals surface area contributed by atoms with E-state index in [1.54, 1.807) is 12.1 Å². The van der Waals surface area contributed by atoms with Gasteiger partial charge in [0.15, 0.2) is 0 Å². The molecule has 3 nitrogen and oxygen atoms in total. The van der Waals surface area contributed by atoms with Gasteiger partial charge in [0, 0.05) is 18.4 Å². The second-order valence-corrected chi connectivity index (χ2v) is 4.70. The Morgan fingerprint density at radius 3 is 2.42 bits per heavy atom. The molecular weight excluding hydrogens is 238 g/mol. The molecule has 98 valence electrons. The highest BCUT2D eigenvalue weighted by Gasteiger charge is 2.10. The number of carbonyl (C=O) groups is 1. The molecule has 0 fully saturated rings. The maximum absolute atomic E-state index is 10.9. The molecule has 0 radical (unpaired) electrons. The van der Waals surface area contributed by atoms with Crippen LogP contribution in [-0.4, -0.2) is 18.1 Å². The second-order valence-electron chi connectivity index (χ2n) is 4.70. The first kappa shape index (κ1) is 13.1. The number of hydrogen-bond donors (Lipinski definition) is 1. The summed E-state index contributed by atoms with van der Waals surface area (Å²) in [5.74, 6) is -0.896. The van der Waals surface area contributed by atoms with Gasteiger partial charge in [0.05, 0.1) is 5.56 Å². The number of anilines is 2. The van der Waals surface area contributed by atoms with Gasteiger partial charge >= 0.3 is 5.97 Å². The molecule has 0 aliphatic heterocycles. The normalized spacial score (nSPS) is 10.3. The summed E-state index contributed by atoms with van der Waals surface area (Å²) in [7, 11) is 1.98. The zero-order chi connectivity index (χ0) is 14.0. The first-order valence-electron chi connectivity index (χ1n) is 6.13. The van der Waals surface area contributed by atoms with Gasteiger partial charge in [0.1, 0.15) is 0 Å². The van der Waals surface area contributed by atoms with Gasteiger partial charge in [0.25, 0.3) is 0 Å². The number of hydrogen-bond acceptors (Lipinski definition) is 2. The SMILES string of the molecule is Cc1cccc(N(C)c2ccc(C(=O)O)cc2C)c1. The molecule has 2 aromatic carbocycles. The number of carboxylic acids is 1. The molecule has 0 aliphatic rings. The molecular formula is C16H17NO2. The summed E-state index contributed by atoms with van der Waals surface area (Å²) < 4.78 is 0. The minimum absolute atomic E-state index is 0.318. The van der Waals surface area contributed by atoms with Crippen molar-refractivity contribution in [3.63, 3.8) is 0 Å². The summed E-state index contributed by atoms with van der Waals surface area (Å²) in [4.78, 5) is 13.0. The molecule has 0 amide bonds. The Morgan fingerprint density at radius 2 is 1.84 bits per heavy atom. The van der Waals surface area contributed by atoms with Crippen LogP contribution < -0.4 is 4.90 Å². The highest BCUT2D eigenvalue weighted by molar-refractivity contribution is 5.88. The van der Waals surface area contributed by atoms with Gasteiger partial charge in [-0.2, -0.15) is 0 Å². The quantitative estimate of drug-likeness (QED) is 0.907. The highest BCUT2D eigenvalue weighted by Crippen LogP contribution is 2.27. The van der Waals surface area contributed by atoms with Gasteiger partial charge in [-0.3, -0.25) is 0 Å². The Bertz CT molecular complexity index is 620. The lowest BCUT2D eigenvalue weighted by Crippen LogP contribution is -2.11. The zero-order valence-electron chi connectivity index (χ0n) is 11.3. The molecule has 0 unspecified atom stereocenters. The topological polar surface area (TPSA) is 40.5 Å². The monoisotopic (exact) mass is 255 g/mol. The largest absolute Gasteiger partial charge is 0.478 e. The highest BCUT2D eigenvalue weighted by atomic mass is 16.4. The Labute approximate surface area is 113 Å². The molecule has 3 heteroatoms. The standard InChI is InChI=1S/C16H17NO2/c1-11-5-4-6-14(9-11)17(3)15-8-7-13(16(18)19)10-12(15)2/h4-10H,1-3H3,(H,18,19). The van der Waals surface area contributed by atoms with Crippen LogP contribution in [0.4, 0.5) is 11.4 Å². The number of nitrogens with zero attached hydrogens (tertiary/aromatic N) is 1. The van der Waals surface area contributed by atoms with E-state index in [0.717, 1.165) is 16.9 Å². The van der Waals surface area contributed by atoms with Crippen molar-refractivity contribution in [1.82, 2.24) is 0 Å². The van der Waals surface area contributed by atoms with Crippen LogP contribution in [0.25, 0.3) is 0 Å². The van der Waals surface area contributed by atoms with Crippen LogP contribution in [0.1, 0.15) is 21.5 Å². The third-order valence-electron chi connectivity index (χ3n) is 3.19. The van der Waals surface area contributed by atoms with E-state index in [1.165, 1.54) is 5.56 Å². The molecule has 0 heterocycles. The summed E-state index contributed by atoms with van der Waals surface area (Å²) in [5, 5.41) is 8.98. The van der Waals surface area contributed by atoms with Gasteiger partial charge in [-0.15, -0.1) is 0 Å². The van der Waals surface area contributed by atoms with E-state index in [-0.39, 0.29) is 0 Å². The minimum Gasteiger partial charge on any atom is -0.478 e. The molecule has 0 atom stereocenters. The maximum Gasteiger partial charge on any atom is 0.335 e. The summed E-state index contributed by atoms with van der Waals surface area (Å²) in [6, 6.07) is 13.4. The summed E-state index contributed by atoms with van der Waals surface area (Å²) >= 11 is 0. The fourth-order valence-electron chi connectivity index (χ4n) is 2.14. The van der Waals surface area contributed by atoms with Crippen LogP contribution in [-0.2, 0) is 0 Å². The number of carboxylic acid groups (broad SMARTS) is 1. The molecule has 0 bridgehead atoms. The van der Waals surface area contributed by atoms with Gasteiger partial charge in [0.2, 0.25) is 0 Å². The Balaban J connectivity index is 2.39. The molecule has 2 rings (SSSR count). The molecule has 0 spiro atoms. The molecule has 0 aliphatic carbocycles. The van der Waals surface area contributed by atoms with E-state index in [1.807, 2.05) is 32.2 Å². The Morgan fingerprint density at radius 1 is 1.11 bits per heavy atom. The van der Waals surface area contributed by atoms with Crippen molar-refractivity contribution in [2.45, 2.75) is 13.8 Å². The minimum atomic E-state index is -0.896. The van der Waals surface area contributed by atoms with Crippen LogP contribution >= 0.6 is 0 Å². The van der Waals surface area contributed by atoms with E-state index < -0.39 is 5.97 Å². The fourth-order valence-corrected chi connectivity index (χ4v) is 2.14. The molecule has 1 N–H and O–H groups in total. The number of aromatic carboxylic acids is 1. The summed E-state index contributed by atoms with van der Waals surface area (Å²) in [5.41, 5.74) is 4.56.